The largest absolute Gasteiger partial charge is 0.409 e. The molecular formula is C14H15BrN4O. The third-order valence-electron chi connectivity index (χ3n) is 3.03. The van der Waals surface area contributed by atoms with Gasteiger partial charge in [0.2, 0.25) is 0 Å². The van der Waals surface area contributed by atoms with E-state index < -0.39 is 0 Å². The second kappa shape index (κ2) is 5.92. The van der Waals surface area contributed by atoms with Crippen molar-refractivity contribution in [1.29, 1.82) is 0 Å². The van der Waals surface area contributed by atoms with Crippen LogP contribution in [0.4, 0.5) is 11.5 Å². The maximum absolute atomic E-state index is 8.88. The van der Waals surface area contributed by atoms with E-state index in [-0.39, 0.29) is 5.84 Å². The molecule has 0 amide bonds. The zero-order chi connectivity index (χ0) is 14.7. The van der Waals surface area contributed by atoms with E-state index in [0.717, 1.165) is 21.5 Å². The van der Waals surface area contributed by atoms with E-state index in [2.05, 4.69) is 26.1 Å². The fourth-order valence-electron chi connectivity index (χ4n) is 1.91. The van der Waals surface area contributed by atoms with Crippen LogP contribution in [0.1, 0.15) is 11.1 Å². The van der Waals surface area contributed by atoms with Gasteiger partial charge in [-0.15, -0.1) is 0 Å². The van der Waals surface area contributed by atoms with Crippen molar-refractivity contribution in [1.82, 2.24) is 4.98 Å². The molecule has 20 heavy (non-hydrogen) atoms. The topological polar surface area (TPSA) is 74.7 Å². The predicted molar refractivity (Wildman–Crippen MR) is 83.7 cm³/mol. The lowest BCUT2D eigenvalue weighted by Gasteiger charge is -2.22. The summed E-state index contributed by atoms with van der Waals surface area (Å²) in [7, 11) is 1.88. The molecule has 0 aliphatic heterocycles. The van der Waals surface area contributed by atoms with Gasteiger partial charge < -0.3 is 15.8 Å². The van der Waals surface area contributed by atoms with Crippen LogP contribution in [0.3, 0.4) is 0 Å². The number of nitrogens with two attached hydrogens (primary N) is 1. The normalized spacial score (nSPS) is 11.4. The molecule has 0 aliphatic rings. The van der Waals surface area contributed by atoms with Gasteiger partial charge >= 0.3 is 0 Å². The molecule has 0 atom stereocenters. The quantitative estimate of drug-likeness (QED) is 0.391. The molecule has 0 saturated heterocycles. The van der Waals surface area contributed by atoms with Crippen molar-refractivity contribution in [2.45, 2.75) is 6.92 Å². The highest BCUT2D eigenvalue weighted by Gasteiger charge is 2.15. The lowest BCUT2D eigenvalue weighted by molar-refractivity contribution is 0.318. The molecule has 0 fully saturated rings. The minimum atomic E-state index is 0.0659. The molecule has 0 radical (unpaired) electrons. The zero-order valence-corrected chi connectivity index (χ0v) is 12.8. The van der Waals surface area contributed by atoms with E-state index in [1.54, 1.807) is 12.3 Å². The third kappa shape index (κ3) is 2.60. The molecule has 2 aromatic rings. The van der Waals surface area contributed by atoms with Gasteiger partial charge in [0, 0.05) is 18.8 Å². The van der Waals surface area contributed by atoms with E-state index in [1.165, 1.54) is 0 Å². The number of anilines is 2. The summed E-state index contributed by atoms with van der Waals surface area (Å²) in [5.41, 5.74) is 8.26. The Bertz CT molecular complexity index is 657. The van der Waals surface area contributed by atoms with Gasteiger partial charge in [-0.2, -0.15) is 0 Å². The smallest absolute Gasteiger partial charge is 0.172 e. The van der Waals surface area contributed by atoms with Crippen LogP contribution in [0, 0.1) is 6.92 Å². The summed E-state index contributed by atoms with van der Waals surface area (Å²) in [5.74, 6) is 0.833. The van der Waals surface area contributed by atoms with E-state index in [9.17, 15) is 0 Å². The van der Waals surface area contributed by atoms with Crippen molar-refractivity contribution in [3.05, 3.63) is 52.1 Å². The fraction of sp³-hybridized carbons (Fsp3) is 0.143. The Labute approximate surface area is 125 Å². The molecular weight excluding hydrogens is 320 g/mol. The van der Waals surface area contributed by atoms with Crippen molar-refractivity contribution in [3.63, 3.8) is 0 Å². The zero-order valence-electron chi connectivity index (χ0n) is 11.2. The van der Waals surface area contributed by atoms with Crippen LogP contribution in [0.15, 0.2) is 46.2 Å². The van der Waals surface area contributed by atoms with Crippen LogP contribution in [-0.4, -0.2) is 23.1 Å². The molecule has 0 bridgehead atoms. The number of amidine groups is 1. The van der Waals surface area contributed by atoms with Gasteiger partial charge in [0.1, 0.15) is 5.82 Å². The van der Waals surface area contributed by atoms with E-state index >= 15 is 0 Å². The Kier molecular flexibility index (Phi) is 4.24. The van der Waals surface area contributed by atoms with Crippen LogP contribution in [0.25, 0.3) is 0 Å². The number of halogens is 1. The number of rotatable bonds is 3. The van der Waals surface area contributed by atoms with Gasteiger partial charge in [-0.1, -0.05) is 17.3 Å². The number of pyridine rings is 1. The average Bonchev–Trinajstić information content (AvgIpc) is 2.48. The van der Waals surface area contributed by atoms with E-state index in [1.807, 2.05) is 43.1 Å². The van der Waals surface area contributed by atoms with Gasteiger partial charge in [-0.05, 0) is 46.6 Å². The minimum Gasteiger partial charge on any atom is -0.409 e. The Morgan fingerprint density at radius 2 is 2.05 bits per heavy atom. The standard InChI is InChI=1S/C14H15BrN4O/c1-9-7-8-17-14(12(9)15)19(2)11-6-4-3-5-10(11)13(16)18-20/h3-8,20H,1-2H3,(H2,16,18). The molecule has 0 unspecified atom stereocenters. The van der Waals surface area contributed by atoms with Crippen molar-refractivity contribution in [3.8, 4) is 0 Å². The van der Waals surface area contributed by atoms with Gasteiger partial charge in [-0.25, -0.2) is 4.98 Å². The summed E-state index contributed by atoms with van der Waals surface area (Å²) in [5, 5.41) is 12.0. The first-order valence-electron chi connectivity index (χ1n) is 5.98. The second-order valence-corrected chi connectivity index (χ2v) is 5.12. The molecule has 0 spiro atoms. The number of aryl methyl sites for hydroxylation is 1. The number of benzene rings is 1. The van der Waals surface area contributed by atoms with Gasteiger partial charge in [0.15, 0.2) is 5.84 Å². The highest BCUT2D eigenvalue weighted by molar-refractivity contribution is 9.10. The molecule has 5 nitrogen and oxygen atoms in total. The average molecular weight is 335 g/mol. The Morgan fingerprint density at radius 3 is 2.75 bits per heavy atom. The summed E-state index contributed by atoms with van der Waals surface area (Å²) in [6, 6.07) is 9.35. The number of para-hydroxylation sites is 1. The fourth-order valence-corrected chi connectivity index (χ4v) is 2.41. The molecule has 1 aromatic heterocycles. The van der Waals surface area contributed by atoms with Crippen molar-refractivity contribution in [2.75, 3.05) is 11.9 Å². The highest BCUT2D eigenvalue weighted by atomic mass is 79.9. The molecule has 3 N–H and O–H groups in total. The van der Waals surface area contributed by atoms with Crippen LogP contribution < -0.4 is 10.6 Å². The first kappa shape index (κ1) is 14.3. The summed E-state index contributed by atoms with van der Waals surface area (Å²) < 4.78 is 0.914. The molecule has 6 heteroatoms. The Balaban J connectivity index is 2.54. The number of aromatic nitrogens is 1. The maximum Gasteiger partial charge on any atom is 0.172 e. The van der Waals surface area contributed by atoms with Crippen molar-refractivity contribution >= 4 is 33.3 Å². The van der Waals surface area contributed by atoms with Crippen molar-refractivity contribution < 1.29 is 5.21 Å². The third-order valence-corrected chi connectivity index (χ3v) is 4.01. The maximum atomic E-state index is 8.88. The van der Waals surface area contributed by atoms with Crippen LogP contribution in [-0.2, 0) is 0 Å². The van der Waals surface area contributed by atoms with Crippen LogP contribution >= 0.6 is 15.9 Å². The molecule has 2 rings (SSSR count). The summed E-state index contributed by atoms with van der Waals surface area (Å²) >= 11 is 3.54. The summed E-state index contributed by atoms with van der Waals surface area (Å²) in [6.45, 7) is 2.00. The lowest BCUT2D eigenvalue weighted by Crippen LogP contribution is -2.20. The Morgan fingerprint density at radius 1 is 1.35 bits per heavy atom. The molecule has 0 saturated carbocycles. The molecule has 0 aliphatic carbocycles. The number of hydrogen-bond donors (Lipinski definition) is 2. The minimum absolute atomic E-state index is 0.0659. The monoisotopic (exact) mass is 334 g/mol. The molecule has 104 valence electrons. The summed E-state index contributed by atoms with van der Waals surface area (Å²) in [6.07, 6.45) is 1.75. The summed E-state index contributed by atoms with van der Waals surface area (Å²) in [4.78, 5) is 6.27. The van der Waals surface area contributed by atoms with E-state index in [4.69, 9.17) is 10.9 Å². The van der Waals surface area contributed by atoms with Crippen LogP contribution in [0.5, 0.6) is 0 Å². The van der Waals surface area contributed by atoms with Crippen molar-refractivity contribution in [2.24, 2.45) is 10.9 Å². The number of nitrogens with zero attached hydrogens (tertiary/aromatic N) is 3. The van der Waals surface area contributed by atoms with Gasteiger partial charge in [-0.3, -0.25) is 0 Å². The number of oxime groups is 1. The first-order chi connectivity index (χ1) is 9.56. The number of hydrogen-bond acceptors (Lipinski definition) is 4. The second-order valence-electron chi connectivity index (χ2n) is 4.33. The van der Waals surface area contributed by atoms with Gasteiger partial charge in [0.25, 0.3) is 0 Å². The molecule has 1 heterocycles. The highest BCUT2D eigenvalue weighted by Crippen LogP contribution is 2.32. The first-order valence-corrected chi connectivity index (χ1v) is 6.77. The Hall–Kier alpha value is -2.08. The predicted octanol–water partition coefficient (Wildman–Crippen LogP) is 3.01. The lowest BCUT2D eigenvalue weighted by atomic mass is 10.1. The SMILES string of the molecule is Cc1ccnc(N(C)c2ccccc2/C(N)=N/O)c1Br. The molecule has 1 aromatic carbocycles. The van der Waals surface area contributed by atoms with E-state index in [0.29, 0.717) is 5.56 Å². The van der Waals surface area contributed by atoms with Gasteiger partial charge in [0.05, 0.1) is 10.2 Å². The van der Waals surface area contributed by atoms with Crippen LogP contribution in [0.2, 0.25) is 0 Å².